The summed E-state index contributed by atoms with van der Waals surface area (Å²) >= 11 is 0. The minimum absolute atomic E-state index is 0.0669. The zero-order valence-electron chi connectivity index (χ0n) is 9.93. The predicted molar refractivity (Wildman–Crippen MR) is 69.0 cm³/mol. The van der Waals surface area contributed by atoms with Crippen molar-refractivity contribution < 1.29 is 4.79 Å². The summed E-state index contributed by atoms with van der Waals surface area (Å²) in [6.45, 7) is 1.63. The summed E-state index contributed by atoms with van der Waals surface area (Å²) in [4.78, 5) is 13.6. The van der Waals surface area contributed by atoms with Gasteiger partial charge >= 0.3 is 0 Å². The van der Waals surface area contributed by atoms with Crippen molar-refractivity contribution in [3.8, 4) is 12.3 Å². The van der Waals surface area contributed by atoms with Gasteiger partial charge in [0.25, 0.3) is 0 Å². The Bertz CT molecular complexity index is 381. The maximum Gasteiger partial charge on any atom is 0.223 e. The van der Waals surface area contributed by atoms with Crippen LogP contribution in [-0.4, -0.2) is 23.9 Å². The molecule has 0 aliphatic heterocycles. The lowest BCUT2D eigenvalue weighted by atomic mass is 10.2. The fraction of sp³-hybridized carbons (Fsp3) is 0.357. The quantitative estimate of drug-likeness (QED) is 0.751. The van der Waals surface area contributed by atoms with Crippen molar-refractivity contribution >= 4 is 5.91 Å². The van der Waals surface area contributed by atoms with Gasteiger partial charge in [-0.05, 0) is 5.56 Å². The first kappa shape index (κ1) is 13.3. The maximum atomic E-state index is 11.9. The lowest BCUT2D eigenvalue weighted by molar-refractivity contribution is -0.131. The van der Waals surface area contributed by atoms with Crippen LogP contribution in [0.2, 0.25) is 0 Å². The molecule has 0 heterocycles. The number of nitrogens with two attached hydrogens (primary N) is 1. The van der Waals surface area contributed by atoms with Crippen LogP contribution in [0, 0.1) is 12.3 Å². The van der Waals surface area contributed by atoms with Gasteiger partial charge in [-0.15, -0.1) is 12.3 Å². The van der Waals surface area contributed by atoms with Crippen molar-refractivity contribution in [2.24, 2.45) is 5.73 Å². The van der Waals surface area contributed by atoms with Gasteiger partial charge in [-0.2, -0.15) is 0 Å². The van der Waals surface area contributed by atoms with E-state index in [9.17, 15) is 4.79 Å². The average molecular weight is 230 g/mol. The number of carbonyl (C=O) groups excluding carboxylic acids is 1. The molecule has 0 fully saturated rings. The molecule has 1 aromatic carbocycles. The van der Waals surface area contributed by atoms with Crippen LogP contribution in [-0.2, 0) is 11.3 Å². The first-order valence-electron chi connectivity index (χ1n) is 5.73. The van der Waals surface area contributed by atoms with Crippen LogP contribution in [0.4, 0.5) is 0 Å². The van der Waals surface area contributed by atoms with Gasteiger partial charge in [0.15, 0.2) is 0 Å². The summed E-state index contributed by atoms with van der Waals surface area (Å²) in [5.74, 6) is 2.55. The van der Waals surface area contributed by atoms with E-state index in [4.69, 9.17) is 12.2 Å². The molecule has 0 saturated carbocycles. The molecule has 3 nitrogen and oxygen atoms in total. The van der Waals surface area contributed by atoms with Crippen molar-refractivity contribution in [3.63, 3.8) is 0 Å². The molecule has 17 heavy (non-hydrogen) atoms. The Morgan fingerprint density at radius 2 is 2.06 bits per heavy atom. The fourth-order valence-electron chi connectivity index (χ4n) is 1.59. The minimum atomic E-state index is 0.0669. The van der Waals surface area contributed by atoms with E-state index in [2.05, 4.69) is 5.92 Å². The zero-order valence-corrected chi connectivity index (χ0v) is 9.93. The molecule has 2 N–H and O–H groups in total. The smallest absolute Gasteiger partial charge is 0.223 e. The van der Waals surface area contributed by atoms with Crippen LogP contribution in [0.1, 0.15) is 18.4 Å². The summed E-state index contributed by atoms with van der Waals surface area (Å²) < 4.78 is 0. The highest BCUT2D eigenvalue weighted by atomic mass is 16.2. The molecule has 90 valence electrons. The number of terminal acetylenes is 1. The number of amides is 1. The van der Waals surface area contributed by atoms with Crippen molar-refractivity contribution in [1.29, 1.82) is 0 Å². The van der Waals surface area contributed by atoms with Gasteiger partial charge in [-0.1, -0.05) is 30.3 Å². The Morgan fingerprint density at radius 1 is 1.35 bits per heavy atom. The summed E-state index contributed by atoms with van der Waals surface area (Å²) in [5, 5.41) is 0. The lowest BCUT2D eigenvalue weighted by Crippen LogP contribution is -2.34. The Hall–Kier alpha value is -1.79. The fourth-order valence-corrected chi connectivity index (χ4v) is 1.59. The monoisotopic (exact) mass is 230 g/mol. The highest BCUT2D eigenvalue weighted by Crippen LogP contribution is 2.06. The molecule has 0 aromatic heterocycles. The van der Waals surface area contributed by atoms with Crippen LogP contribution in [0.3, 0.4) is 0 Å². The largest absolute Gasteiger partial charge is 0.337 e. The van der Waals surface area contributed by atoms with E-state index in [-0.39, 0.29) is 5.91 Å². The number of nitrogens with zero attached hydrogens (tertiary/aromatic N) is 1. The second-order valence-corrected chi connectivity index (χ2v) is 3.79. The van der Waals surface area contributed by atoms with E-state index in [1.807, 2.05) is 30.3 Å². The Balaban J connectivity index is 2.60. The number of rotatable bonds is 6. The summed E-state index contributed by atoms with van der Waals surface area (Å²) in [5.41, 5.74) is 6.62. The van der Waals surface area contributed by atoms with Crippen LogP contribution < -0.4 is 5.73 Å². The van der Waals surface area contributed by atoms with Gasteiger partial charge in [0.2, 0.25) is 5.91 Å². The molecule has 0 atom stereocenters. The molecular weight excluding hydrogens is 212 g/mol. The Labute approximate surface area is 103 Å². The lowest BCUT2D eigenvalue weighted by Gasteiger charge is -2.21. The van der Waals surface area contributed by atoms with Crippen LogP contribution in [0.25, 0.3) is 0 Å². The minimum Gasteiger partial charge on any atom is -0.337 e. The van der Waals surface area contributed by atoms with Gasteiger partial charge < -0.3 is 10.6 Å². The molecule has 1 rings (SSSR count). The van der Waals surface area contributed by atoms with Gasteiger partial charge in [0.1, 0.15) is 0 Å². The average Bonchev–Trinajstić information content (AvgIpc) is 2.36. The van der Waals surface area contributed by atoms with Crippen molar-refractivity contribution in [2.75, 3.05) is 13.1 Å². The molecule has 0 unspecified atom stereocenters. The topological polar surface area (TPSA) is 46.3 Å². The predicted octanol–water partition coefficient (Wildman–Crippen LogP) is 1.39. The summed E-state index contributed by atoms with van der Waals surface area (Å²) in [6, 6.07) is 9.87. The van der Waals surface area contributed by atoms with Gasteiger partial charge in [0.05, 0.1) is 0 Å². The first-order valence-corrected chi connectivity index (χ1v) is 5.73. The van der Waals surface area contributed by atoms with Crippen LogP contribution in [0.5, 0.6) is 0 Å². The highest BCUT2D eigenvalue weighted by molar-refractivity contribution is 5.76. The molecule has 0 bridgehead atoms. The van der Waals surface area contributed by atoms with E-state index in [0.717, 1.165) is 5.56 Å². The Kier molecular flexibility index (Phi) is 5.84. The number of hydrogen-bond acceptors (Lipinski definition) is 2. The first-order chi connectivity index (χ1) is 8.27. The molecule has 0 saturated heterocycles. The molecule has 0 aliphatic carbocycles. The third kappa shape index (κ3) is 4.71. The molecule has 0 spiro atoms. The summed E-state index contributed by atoms with van der Waals surface area (Å²) in [7, 11) is 0. The molecule has 1 amide bonds. The zero-order chi connectivity index (χ0) is 12.5. The highest BCUT2D eigenvalue weighted by Gasteiger charge is 2.12. The number of carbonyl (C=O) groups is 1. The number of hydrogen-bond donors (Lipinski definition) is 1. The van der Waals surface area contributed by atoms with Gasteiger partial charge in [-0.3, -0.25) is 4.79 Å². The van der Waals surface area contributed by atoms with E-state index in [1.165, 1.54) is 0 Å². The van der Waals surface area contributed by atoms with Crippen molar-refractivity contribution in [3.05, 3.63) is 35.9 Å². The van der Waals surface area contributed by atoms with Crippen molar-refractivity contribution in [1.82, 2.24) is 4.90 Å². The third-order valence-electron chi connectivity index (χ3n) is 2.45. The van der Waals surface area contributed by atoms with Gasteiger partial charge in [0, 0.05) is 32.5 Å². The van der Waals surface area contributed by atoms with Crippen LogP contribution >= 0.6 is 0 Å². The SMILES string of the molecule is C#CCCC(=O)N(CCN)Cc1ccccc1. The second-order valence-electron chi connectivity index (χ2n) is 3.79. The molecule has 1 aromatic rings. The molecule has 0 aliphatic rings. The number of benzene rings is 1. The molecule has 0 radical (unpaired) electrons. The Morgan fingerprint density at radius 3 is 2.65 bits per heavy atom. The maximum absolute atomic E-state index is 11.9. The van der Waals surface area contributed by atoms with Crippen LogP contribution in [0.15, 0.2) is 30.3 Å². The normalized spacial score (nSPS) is 9.65. The van der Waals surface area contributed by atoms with E-state index < -0.39 is 0 Å². The second kappa shape index (κ2) is 7.48. The standard InChI is InChI=1S/C14H18N2O/c1-2-3-9-14(17)16(11-10-15)12-13-7-5-4-6-8-13/h1,4-8H,3,9-12,15H2. The van der Waals surface area contributed by atoms with E-state index in [1.54, 1.807) is 4.90 Å². The third-order valence-corrected chi connectivity index (χ3v) is 2.45. The molecular formula is C14H18N2O. The van der Waals surface area contributed by atoms with E-state index >= 15 is 0 Å². The van der Waals surface area contributed by atoms with E-state index in [0.29, 0.717) is 32.5 Å². The summed E-state index contributed by atoms with van der Waals surface area (Å²) in [6.07, 6.45) is 6.03. The molecule has 3 heteroatoms. The van der Waals surface area contributed by atoms with Gasteiger partial charge in [-0.25, -0.2) is 0 Å². The van der Waals surface area contributed by atoms with Crippen molar-refractivity contribution in [2.45, 2.75) is 19.4 Å².